The van der Waals surface area contributed by atoms with Crippen molar-refractivity contribution in [3.05, 3.63) is 0 Å². The maximum Gasteiger partial charge on any atom is 0.324 e. The molecule has 0 bridgehead atoms. The number of hydrogen-bond acceptors (Lipinski definition) is 5. The van der Waals surface area contributed by atoms with Crippen molar-refractivity contribution in [3.63, 3.8) is 0 Å². The number of hydrogen-bond donors (Lipinski definition) is 1. The van der Waals surface area contributed by atoms with Crippen LogP contribution in [0.2, 0.25) is 0 Å². The Balaban J connectivity index is 2.25. The van der Waals surface area contributed by atoms with Gasteiger partial charge in [-0.1, -0.05) is 0 Å². The Labute approximate surface area is 96.9 Å². The van der Waals surface area contributed by atoms with Crippen molar-refractivity contribution < 1.29 is 14.3 Å². The number of carbonyl (C=O) groups excluding carboxylic acids is 1. The molecular weight excluding hydrogens is 208 g/mol. The molecule has 1 rings (SSSR count). The van der Waals surface area contributed by atoms with E-state index >= 15 is 0 Å². The zero-order chi connectivity index (χ0) is 12.0. The number of rotatable bonds is 5. The fourth-order valence-electron chi connectivity index (χ4n) is 1.93. The molecule has 1 fully saturated rings. The molecule has 0 amide bonds. The molecule has 5 heteroatoms. The third-order valence-corrected chi connectivity index (χ3v) is 2.91. The number of methoxy groups -OCH3 is 1. The summed E-state index contributed by atoms with van der Waals surface area (Å²) in [5.41, 5.74) is 5.75. The van der Waals surface area contributed by atoms with Crippen LogP contribution in [0.25, 0.3) is 0 Å². The maximum absolute atomic E-state index is 11.3. The second-order valence-electron chi connectivity index (χ2n) is 4.09. The molecule has 0 saturated carbocycles. The SMILES string of the molecule is CCOC(=O)C(N)CN1CCC(OC)CC1. The van der Waals surface area contributed by atoms with Crippen LogP contribution in [-0.2, 0) is 14.3 Å². The molecule has 5 nitrogen and oxygen atoms in total. The molecule has 0 spiro atoms. The van der Waals surface area contributed by atoms with E-state index in [1.807, 2.05) is 0 Å². The fourth-order valence-corrected chi connectivity index (χ4v) is 1.93. The average molecular weight is 230 g/mol. The number of carbonyl (C=O) groups is 1. The van der Waals surface area contributed by atoms with Crippen LogP contribution in [0, 0.1) is 0 Å². The second kappa shape index (κ2) is 6.83. The minimum atomic E-state index is -0.529. The summed E-state index contributed by atoms with van der Waals surface area (Å²) in [4.78, 5) is 13.5. The van der Waals surface area contributed by atoms with Crippen LogP contribution in [0.4, 0.5) is 0 Å². The highest BCUT2D eigenvalue weighted by Gasteiger charge is 2.23. The van der Waals surface area contributed by atoms with Gasteiger partial charge in [0.15, 0.2) is 0 Å². The van der Waals surface area contributed by atoms with Gasteiger partial charge in [-0.05, 0) is 19.8 Å². The van der Waals surface area contributed by atoms with E-state index < -0.39 is 6.04 Å². The minimum absolute atomic E-state index is 0.309. The predicted octanol–water partition coefficient (Wildman–Crippen LogP) is -0.0124. The van der Waals surface area contributed by atoms with Gasteiger partial charge in [0, 0.05) is 26.7 Å². The van der Waals surface area contributed by atoms with Crippen LogP contribution in [-0.4, -0.2) is 56.4 Å². The van der Waals surface area contributed by atoms with Crippen LogP contribution >= 0.6 is 0 Å². The summed E-state index contributed by atoms with van der Waals surface area (Å²) in [6, 6.07) is -0.529. The van der Waals surface area contributed by atoms with Gasteiger partial charge in [-0.25, -0.2) is 0 Å². The highest BCUT2D eigenvalue weighted by molar-refractivity contribution is 5.75. The molecule has 94 valence electrons. The van der Waals surface area contributed by atoms with Crippen molar-refractivity contribution in [2.24, 2.45) is 5.73 Å². The molecule has 0 aromatic rings. The summed E-state index contributed by atoms with van der Waals surface area (Å²) in [5.74, 6) is -0.309. The molecule has 1 atom stereocenters. The zero-order valence-electron chi connectivity index (χ0n) is 10.1. The normalized spacial score (nSPS) is 20.7. The standard InChI is InChI=1S/C11H22N2O3/c1-3-16-11(14)10(12)8-13-6-4-9(15-2)5-7-13/h9-10H,3-8,12H2,1-2H3. The smallest absolute Gasteiger partial charge is 0.324 e. The molecular formula is C11H22N2O3. The molecule has 1 unspecified atom stereocenters. The Morgan fingerprint density at radius 3 is 2.62 bits per heavy atom. The summed E-state index contributed by atoms with van der Waals surface area (Å²) in [5, 5.41) is 0. The summed E-state index contributed by atoms with van der Waals surface area (Å²) >= 11 is 0. The van der Waals surface area contributed by atoms with Crippen molar-refractivity contribution in [1.29, 1.82) is 0 Å². The first-order chi connectivity index (χ1) is 7.67. The lowest BCUT2D eigenvalue weighted by molar-refractivity contribution is -0.145. The lowest BCUT2D eigenvalue weighted by Gasteiger charge is -2.32. The van der Waals surface area contributed by atoms with Gasteiger partial charge in [0.25, 0.3) is 0 Å². The van der Waals surface area contributed by atoms with Crippen LogP contribution < -0.4 is 5.73 Å². The summed E-state index contributed by atoms with van der Waals surface area (Å²) < 4.78 is 10.2. The van der Waals surface area contributed by atoms with Gasteiger partial charge in [-0.15, -0.1) is 0 Å². The monoisotopic (exact) mass is 230 g/mol. The Kier molecular flexibility index (Phi) is 5.73. The van der Waals surface area contributed by atoms with E-state index in [1.165, 1.54) is 0 Å². The van der Waals surface area contributed by atoms with Gasteiger partial charge in [0.2, 0.25) is 0 Å². The van der Waals surface area contributed by atoms with Crippen molar-refractivity contribution in [2.45, 2.75) is 31.9 Å². The maximum atomic E-state index is 11.3. The Morgan fingerprint density at radius 1 is 1.50 bits per heavy atom. The van der Waals surface area contributed by atoms with Gasteiger partial charge < -0.3 is 20.1 Å². The Bertz CT molecular complexity index is 215. The molecule has 1 aliphatic rings. The van der Waals surface area contributed by atoms with Gasteiger partial charge >= 0.3 is 5.97 Å². The quantitative estimate of drug-likeness (QED) is 0.673. The fraction of sp³-hybridized carbons (Fsp3) is 0.909. The number of nitrogens with zero attached hydrogens (tertiary/aromatic N) is 1. The van der Waals surface area contributed by atoms with Crippen molar-refractivity contribution in [3.8, 4) is 0 Å². The second-order valence-corrected chi connectivity index (χ2v) is 4.09. The number of likely N-dealkylation sites (tertiary alicyclic amines) is 1. The highest BCUT2D eigenvalue weighted by atomic mass is 16.5. The topological polar surface area (TPSA) is 64.8 Å². The van der Waals surface area contributed by atoms with Crippen LogP contribution in [0.1, 0.15) is 19.8 Å². The van der Waals surface area contributed by atoms with Gasteiger partial charge in [-0.3, -0.25) is 4.79 Å². The van der Waals surface area contributed by atoms with E-state index in [4.69, 9.17) is 15.2 Å². The molecule has 0 aromatic heterocycles. The first kappa shape index (κ1) is 13.4. The minimum Gasteiger partial charge on any atom is -0.465 e. The van der Waals surface area contributed by atoms with Crippen molar-refractivity contribution in [1.82, 2.24) is 4.90 Å². The van der Waals surface area contributed by atoms with Crippen LogP contribution in [0.3, 0.4) is 0 Å². The average Bonchev–Trinajstić information content (AvgIpc) is 2.30. The van der Waals surface area contributed by atoms with Crippen LogP contribution in [0.5, 0.6) is 0 Å². The van der Waals surface area contributed by atoms with Gasteiger partial charge in [0.1, 0.15) is 6.04 Å². The van der Waals surface area contributed by atoms with E-state index in [9.17, 15) is 4.79 Å². The number of nitrogens with two attached hydrogens (primary N) is 1. The number of esters is 1. The van der Waals surface area contributed by atoms with E-state index in [-0.39, 0.29) is 5.97 Å². The lowest BCUT2D eigenvalue weighted by atomic mass is 10.1. The van der Waals surface area contributed by atoms with Gasteiger partial charge in [0.05, 0.1) is 12.7 Å². The van der Waals surface area contributed by atoms with Gasteiger partial charge in [-0.2, -0.15) is 0 Å². The number of piperidine rings is 1. The van der Waals surface area contributed by atoms with E-state index in [2.05, 4.69) is 4.90 Å². The molecule has 2 N–H and O–H groups in total. The molecule has 1 heterocycles. The third kappa shape index (κ3) is 4.08. The van der Waals surface area contributed by atoms with Crippen LogP contribution in [0.15, 0.2) is 0 Å². The molecule has 0 aliphatic carbocycles. The highest BCUT2D eigenvalue weighted by Crippen LogP contribution is 2.12. The molecule has 0 radical (unpaired) electrons. The zero-order valence-corrected chi connectivity index (χ0v) is 10.1. The first-order valence-corrected chi connectivity index (χ1v) is 5.84. The summed E-state index contributed by atoms with van der Waals surface area (Å²) in [6.45, 7) is 4.62. The number of ether oxygens (including phenoxy) is 2. The van der Waals surface area contributed by atoms with E-state index in [0.29, 0.717) is 19.3 Å². The Hall–Kier alpha value is -0.650. The summed E-state index contributed by atoms with van der Waals surface area (Å²) in [7, 11) is 1.74. The molecule has 0 aromatic carbocycles. The summed E-state index contributed by atoms with van der Waals surface area (Å²) in [6.07, 6.45) is 2.37. The molecule has 1 aliphatic heterocycles. The van der Waals surface area contributed by atoms with Crippen molar-refractivity contribution >= 4 is 5.97 Å². The lowest BCUT2D eigenvalue weighted by Crippen LogP contribution is -2.47. The molecule has 1 saturated heterocycles. The third-order valence-electron chi connectivity index (χ3n) is 2.91. The molecule has 16 heavy (non-hydrogen) atoms. The first-order valence-electron chi connectivity index (χ1n) is 5.84. The van der Waals surface area contributed by atoms with E-state index in [0.717, 1.165) is 25.9 Å². The largest absolute Gasteiger partial charge is 0.465 e. The van der Waals surface area contributed by atoms with E-state index in [1.54, 1.807) is 14.0 Å². The van der Waals surface area contributed by atoms with Crippen molar-refractivity contribution in [2.75, 3.05) is 33.4 Å². The predicted molar refractivity (Wildman–Crippen MR) is 61.1 cm³/mol. The Morgan fingerprint density at radius 2 is 2.12 bits per heavy atom.